The molecule has 0 unspecified atom stereocenters. The van der Waals surface area contributed by atoms with Gasteiger partial charge in [-0.05, 0) is 31.7 Å². The number of carbonyl (C=O) groups excluding carboxylic acids is 1. The standard InChI is InChI=1S/C13H15N5O2/c19-13(9-5-6-14-16-9)18-7-1-2-10(18)11-15-12(20-17-11)8-3-4-8/h5-6,8,10H,1-4,7H2,(H,14,16)/t10-/m0/s1. The van der Waals surface area contributed by atoms with Gasteiger partial charge in [0.25, 0.3) is 5.91 Å². The first kappa shape index (κ1) is 11.6. The first-order valence-electron chi connectivity index (χ1n) is 6.97. The quantitative estimate of drug-likeness (QED) is 0.918. The van der Waals surface area contributed by atoms with Crippen LogP contribution in [0.2, 0.25) is 0 Å². The van der Waals surface area contributed by atoms with Gasteiger partial charge < -0.3 is 9.42 Å². The summed E-state index contributed by atoms with van der Waals surface area (Å²) in [7, 11) is 0. The Labute approximate surface area is 115 Å². The van der Waals surface area contributed by atoms with Crippen LogP contribution in [-0.4, -0.2) is 37.7 Å². The number of H-pyrrole nitrogens is 1. The summed E-state index contributed by atoms with van der Waals surface area (Å²) in [5.74, 6) is 1.75. The lowest BCUT2D eigenvalue weighted by Gasteiger charge is -2.21. The van der Waals surface area contributed by atoms with Crippen molar-refractivity contribution in [3.8, 4) is 0 Å². The third kappa shape index (κ3) is 1.90. The highest BCUT2D eigenvalue weighted by atomic mass is 16.5. The molecule has 1 saturated heterocycles. The number of carbonyl (C=O) groups is 1. The zero-order chi connectivity index (χ0) is 13.5. The maximum atomic E-state index is 12.4. The SMILES string of the molecule is O=C(c1ccn[nH]1)N1CCC[C@H]1c1noc(C2CC2)n1. The van der Waals surface area contributed by atoms with E-state index < -0.39 is 0 Å². The number of nitrogens with zero attached hydrogens (tertiary/aromatic N) is 4. The second kappa shape index (κ2) is 4.43. The van der Waals surface area contributed by atoms with Crippen LogP contribution in [0.1, 0.15) is 59.8 Å². The Morgan fingerprint density at radius 3 is 3.05 bits per heavy atom. The predicted molar refractivity (Wildman–Crippen MR) is 67.9 cm³/mol. The number of amides is 1. The highest BCUT2D eigenvalue weighted by molar-refractivity contribution is 5.92. The normalized spacial score (nSPS) is 22.4. The van der Waals surface area contributed by atoms with Crippen molar-refractivity contribution < 1.29 is 9.32 Å². The van der Waals surface area contributed by atoms with Crippen LogP contribution in [0.15, 0.2) is 16.8 Å². The number of nitrogens with one attached hydrogen (secondary N) is 1. The van der Waals surface area contributed by atoms with Gasteiger partial charge >= 0.3 is 0 Å². The summed E-state index contributed by atoms with van der Waals surface area (Å²) in [6.45, 7) is 0.718. The second-order valence-electron chi connectivity index (χ2n) is 5.39. The summed E-state index contributed by atoms with van der Waals surface area (Å²) in [5, 5.41) is 10.6. The van der Waals surface area contributed by atoms with E-state index in [1.807, 2.05) is 0 Å². The fourth-order valence-electron chi connectivity index (χ4n) is 2.69. The number of hydrogen-bond acceptors (Lipinski definition) is 5. The topological polar surface area (TPSA) is 87.9 Å². The Kier molecular flexibility index (Phi) is 2.58. The van der Waals surface area contributed by atoms with Gasteiger partial charge in [0.1, 0.15) is 5.69 Å². The van der Waals surface area contributed by atoms with Gasteiger partial charge in [-0.15, -0.1) is 0 Å². The lowest BCUT2D eigenvalue weighted by atomic mass is 10.2. The van der Waals surface area contributed by atoms with Crippen molar-refractivity contribution in [2.24, 2.45) is 0 Å². The average molecular weight is 273 g/mol. The van der Waals surface area contributed by atoms with Crippen LogP contribution in [0.5, 0.6) is 0 Å². The first-order chi connectivity index (χ1) is 9.83. The molecule has 7 heteroatoms. The Hall–Kier alpha value is -2.18. The Balaban J connectivity index is 1.58. The maximum Gasteiger partial charge on any atom is 0.272 e. The maximum absolute atomic E-state index is 12.4. The van der Waals surface area contributed by atoms with E-state index in [2.05, 4.69) is 20.3 Å². The molecule has 4 rings (SSSR count). The van der Waals surface area contributed by atoms with Gasteiger partial charge in [-0.1, -0.05) is 5.16 Å². The van der Waals surface area contributed by atoms with E-state index in [0.29, 0.717) is 17.4 Å². The molecule has 1 aliphatic heterocycles. The zero-order valence-corrected chi connectivity index (χ0v) is 11.0. The molecule has 7 nitrogen and oxygen atoms in total. The molecule has 2 fully saturated rings. The average Bonchev–Trinajstić information content (AvgIpc) is 2.97. The molecule has 104 valence electrons. The number of aromatic nitrogens is 4. The summed E-state index contributed by atoms with van der Waals surface area (Å²) < 4.78 is 5.30. The van der Waals surface area contributed by atoms with Crippen molar-refractivity contribution in [2.45, 2.75) is 37.6 Å². The van der Waals surface area contributed by atoms with Crippen molar-refractivity contribution in [2.75, 3.05) is 6.54 Å². The Bertz CT molecular complexity index is 617. The van der Waals surface area contributed by atoms with Crippen molar-refractivity contribution in [3.05, 3.63) is 29.7 Å². The largest absolute Gasteiger partial charge is 0.339 e. The Morgan fingerprint density at radius 2 is 2.30 bits per heavy atom. The van der Waals surface area contributed by atoms with Gasteiger partial charge in [0, 0.05) is 18.7 Å². The summed E-state index contributed by atoms with van der Waals surface area (Å²) >= 11 is 0. The van der Waals surface area contributed by atoms with Gasteiger partial charge in [0.05, 0.1) is 6.04 Å². The number of rotatable bonds is 3. The zero-order valence-electron chi connectivity index (χ0n) is 11.0. The minimum Gasteiger partial charge on any atom is -0.339 e. The van der Waals surface area contributed by atoms with E-state index in [1.54, 1.807) is 17.2 Å². The predicted octanol–water partition coefficient (Wildman–Crippen LogP) is 1.65. The minimum absolute atomic E-state index is 0.0530. The van der Waals surface area contributed by atoms with Gasteiger partial charge in [-0.25, -0.2) is 0 Å². The lowest BCUT2D eigenvalue weighted by Crippen LogP contribution is -2.31. The van der Waals surface area contributed by atoms with E-state index in [0.717, 1.165) is 38.1 Å². The molecule has 3 heterocycles. The summed E-state index contributed by atoms with van der Waals surface area (Å²) in [6.07, 6.45) is 5.67. The molecule has 0 aromatic carbocycles. The molecule has 1 atom stereocenters. The molecule has 0 spiro atoms. The first-order valence-corrected chi connectivity index (χ1v) is 6.97. The monoisotopic (exact) mass is 273 g/mol. The van der Waals surface area contributed by atoms with Gasteiger partial charge in [0.2, 0.25) is 5.89 Å². The van der Waals surface area contributed by atoms with Crippen molar-refractivity contribution >= 4 is 5.91 Å². The fraction of sp³-hybridized carbons (Fsp3) is 0.538. The summed E-state index contributed by atoms with van der Waals surface area (Å²) in [5.41, 5.74) is 0.503. The number of likely N-dealkylation sites (tertiary alicyclic amines) is 1. The van der Waals surface area contributed by atoms with Crippen LogP contribution in [-0.2, 0) is 0 Å². The van der Waals surface area contributed by atoms with Crippen molar-refractivity contribution in [1.82, 2.24) is 25.2 Å². The molecule has 20 heavy (non-hydrogen) atoms. The highest BCUT2D eigenvalue weighted by Crippen LogP contribution is 2.40. The molecule has 0 bridgehead atoms. The molecule has 2 aliphatic rings. The molecule has 1 N–H and O–H groups in total. The Morgan fingerprint density at radius 1 is 1.40 bits per heavy atom. The van der Waals surface area contributed by atoms with Crippen LogP contribution in [0.4, 0.5) is 0 Å². The fourth-order valence-corrected chi connectivity index (χ4v) is 2.69. The van der Waals surface area contributed by atoms with Crippen molar-refractivity contribution in [1.29, 1.82) is 0 Å². The highest BCUT2D eigenvalue weighted by Gasteiger charge is 2.36. The van der Waals surface area contributed by atoms with E-state index in [1.165, 1.54) is 0 Å². The molecular weight excluding hydrogens is 258 g/mol. The van der Waals surface area contributed by atoms with Crippen LogP contribution in [0.3, 0.4) is 0 Å². The summed E-state index contributed by atoms with van der Waals surface area (Å²) in [4.78, 5) is 18.7. The van der Waals surface area contributed by atoms with E-state index in [4.69, 9.17) is 4.52 Å². The molecule has 2 aromatic rings. The van der Waals surface area contributed by atoms with Crippen LogP contribution >= 0.6 is 0 Å². The van der Waals surface area contributed by atoms with E-state index in [-0.39, 0.29) is 11.9 Å². The van der Waals surface area contributed by atoms with Gasteiger partial charge in [0.15, 0.2) is 5.82 Å². The van der Waals surface area contributed by atoms with E-state index in [9.17, 15) is 4.79 Å². The number of hydrogen-bond donors (Lipinski definition) is 1. The summed E-state index contributed by atoms with van der Waals surface area (Å²) in [6, 6.07) is 1.60. The number of aromatic amines is 1. The third-order valence-electron chi connectivity index (χ3n) is 3.93. The van der Waals surface area contributed by atoms with Crippen LogP contribution in [0.25, 0.3) is 0 Å². The molecule has 0 radical (unpaired) electrons. The van der Waals surface area contributed by atoms with Crippen molar-refractivity contribution in [3.63, 3.8) is 0 Å². The third-order valence-corrected chi connectivity index (χ3v) is 3.93. The molecule has 1 amide bonds. The molecular formula is C13H15N5O2. The van der Waals surface area contributed by atoms with Gasteiger partial charge in [-0.2, -0.15) is 10.1 Å². The van der Waals surface area contributed by atoms with Crippen LogP contribution in [0, 0.1) is 0 Å². The molecule has 1 aliphatic carbocycles. The second-order valence-corrected chi connectivity index (χ2v) is 5.39. The minimum atomic E-state index is -0.0814. The van der Waals surface area contributed by atoms with Crippen LogP contribution < -0.4 is 0 Å². The smallest absolute Gasteiger partial charge is 0.272 e. The lowest BCUT2D eigenvalue weighted by molar-refractivity contribution is 0.0722. The molecule has 1 saturated carbocycles. The molecule has 2 aromatic heterocycles. The van der Waals surface area contributed by atoms with Gasteiger partial charge in [-0.3, -0.25) is 9.89 Å². The van der Waals surface area contributed by atoms with E-state index >= 15 is 0 Å².